The predicted octanol–water partition coefficient (Wildman–Crippen LogP) is 3.83. The average Bonchev–Trinajstić information content (AvgIpc) is 3.25. The first-order valence-electron chi connectivity index (χ1n) is 10.5. The largest absolute Gasteiger partial charge is 0.480 e. The van der Waals surface area contributed by atoms with Crippen LogP contribution in [0.25, 0.3) is 10.9 Å². The van der Waals surface area contributed by atoms with Crippen LogP contribution in [-0.2, 0) is 16.1 Å². The monoisotopic (exact) mass is 420 g/mol. The maximum absolute atomic E-state index is 12.8. The van der Waals surface area contributed by atoms with Gasteiger partial charge in [0.15, 0.2) is 6.23 Å². The number of carboxylic acids is 1. The molecule has 160 valence electrons. The summed E-state index contributed by atoms with van der Waals surface area (Å²) in [6.45, 7) is 2.74. The Morgan fingerprint density at radius 2 is 2.16 bits per heavy atom. The van der Waals surface area contributed by atoms with E-state index >= 15 is 0 Å². The van der Waals surface area contributed by atoms with Crippen LogP contribution in [0.5, 0.6) is 0 Å². The maximum Gasteiger partial charge on any atom is 0.323 e. The van der Waals surface area contributed by atoms with Crippen molar-refractivity contribution in [3.63, 3.8) is 0 Å². The molecule has 0 bridgehead atoms. The highest BCUT2D eigenvalue weighted by Crippen LogP contribution is 2.33. The minimum Gasteiger partial charge on any atom is -0.480 e. The van der Waals surface area contributed by atoms with Crippen LogP contribution in [0.1, 0.15) is 47.1 Å². The van der Waals surface area contributed by atoms with Crippen molar-refractivity contribution in [2.45, 2.75) is 39.0 Å². The number of carbonyl (C=O) groups excluding carboxylic acids is 1. The van der Waals surface area contributed by atoms with Gasteiger partial charge in [-0.15, -0.1) is 0 Å². The number of amides is 1. The Labute approximate surface area is 179 Å². The van der Waals surface area contributed by atoms with E-state index in [4.69, 9.17) is 14.9 Å². The van der Waals surface area contributed by atoms with Gasteiger partial charge in [0, 0.05) is 24.2 Å². The van der Waals surface area contributed by atoms with E-state index in [0.29, 0.717) is 17.8 Å². The highest BCUT2D eigenvalue weighted by atomic mass is 16.5. The fraction of sp³-hybridized carbons (Fsp3) is 0.348. The van der Waals surface area contributed by atoms with E-state index in [1.54, 1.807) is 0 Å². The van der Waals surface area contributed by atoms with Crippen molar-refractivity contribution >= 4 is 34.2 Å². The molecule has 1 unspecified atom stereocenters. The van der Waals surface area contributed by atoms with E-state index in [1.807, 2.05) is 48.0 Å². The molecular formula is C23H24N4O4. The summed E-state index contributed by atoms with van der Waals surface area (Å²) in [4.78, 5) is 25.2. The van der Waals surface area contributed by atoms with Crippen LogP contribution in [0.4, 0.5) is 11.4 Å². The lowest BCUT2D eigenvalue weighted by Gasteiger charge is -2.23. The van der Waals surface area contributed by atoms with Gasteiger partial charge in [0.05, 0.1) is 22.5 Å². The second-order valence-corrected chi connectivity index (χ2v) is 8.10. The van der Waals surface area contributed by atoms with Gasteiger partial charge in [-0.05, 0) is 56.0 Å². The summed E-state index contributed by atoms with van der Waals surface area (Å²) >= 11 is 0. The van der Waals surface area contributed by atoms with Gasteiger partial charge in [-0.3, -0.25) is 9.59 Å². The van der Waals surface area contributed by atoms with Crippen LogP contribution >= 0.6 is 0 Å². The molecule has 0 saturated carbocycles. The fourth-order valence-electron chi connectivity index (χ4n) is 4.48. The van der Waals surface area contributed by atoms with E-state index in [-0.39, 0.29) is 18.7 Å². The second kappa shape index (κ2) is 7.70. The second-order valence-electron chi connectivity index (χ2n) is 8.10. The summed E-state index contributed by atoms with van der Waals surface area (Å²) < 4.78 is 7.91. The van der Waals surface area contributed by atoms with Gasteiger partial charge in [-0.2, -0.15) is 5.10 Å². The molecule has 1 aromatic heterocycles. The van der Waals surface area contributed by atoms with Gasteiger partial charge in [0.1, 0.15) is 6.54 Å². The molecule has 1 amide bonds. The Morgan fingerprint density at radius 1 is 1.29 bits per heavy atom. The number of nitrogens with zero attached hydrogens (tertiary/aromatic N) is 3. The average molecular weight is 420 g/mol. The smallest absolute Gasteiger partial charge is 0.323 e. The molecule has 2 aliphatic heterocycles. The van der Waals surface area contributed by atoms with Gasteiger partial charge in [-0.25, -0.2) is 4.68 Å². The minimum atomic E-state index is -1.02. The number of nitrogens with one attached hydrogen (secondary N) is 1. The summed E-state index contributed by atoms with van der Waals surface area (Å²) in [5.74, 6) is -1.28. The van der Waals surface area contributed by atoms with E-state index < -0.39 is 5.97 Å². The highest BCUT2D eigenvalue weighted by molar-refractivity contribution is 6.05. The zero-order chi connectivity index (χ0) is 21.5. The SMILES string of the molecule is Cc1nn(C2CCCCO2)c2cc(Nc3cccc4c3C(=O)N(CC(=O)O)C4)ccc12. The topological polar surface area (TPSA) is 96.7 Å². The minimum absolute atomic E-state index is 0.0627. The van der Waals surface area contributed by atoms with Crippen LogP contribution in [-0.4, -0.2) is 44.8 Å². The van der Waals surface area contributed by atoms with Crippen molar-refractivity contribution in [3.8, 4) is 0 Å². The summed E-state index contributed by atoms with van der Waals surface area (Å²) in [5.41, 5.74) is 4.81. The lowest BCUT2D eigenvalue weighted by molar-refractivity contribution is -0.137. The number of hydrogen-bond acceptors (Lipinski definition) is 5. The van der Waals surface area contributed by atoms with Gasteiger partial charge >= 0.3 is 5.97 Å². The predicted molar refractivity (Wildman–Crippen MR) is 115 cm³/mol. The third kappa shape index (κ3) is 3.53. The number of carboxylic acid groups (broad SMARTS) is 1. The number of benzene rings is 2. The Balaban J connectivity index is 1.48. The van der Waals surface area contributed by atoms with Crippen LogP contribution in [0, 0.1) is 6.92 Å². The van der Waals surface area contributed by atoms with Crippen molar-refractivity contribution in [1.29, 1.82) is 0 Å². The number of hydrogen-bond donors (Lipinski definition) is 2. The van der Waals surface area contributed by atoms with Gasteiger partial charge < -0.3 is 20.1 Å². The Hall–Kier alpha value is -3.39. The highest BCUT2D eigenvalue weighted by Gasteiger charge is 2.31. The molecule has 2 aliphatic rings. The zero-order valence-corrected chi connectivity index (χ0v) is 17.3. The van der Waals surface area contributed by atoms with Crippen LogP contribution in [0.2, 0.25) is 0 Å². The van der Waals surface area contributed by atoms with Crippen LogP contribution < -0.4 is 5.32 Å². The number of ether oxygens (including phenoxy) is 1. The maximum atomic E-state index is 12.8. The molecule has 2 aromatic carbocycles. The molecular weight excluding hydrogens is 396 g/mol. The molecule has 0 spiro atoms. The van der Waals surface area contributed by atoms with Crippen molar-refractivity contribution in [1.82, 2.24) is 14.7 Å². The number of fused-ring (bicyclic) bond motifs is 2. The number of aryl methyl sites for hydroxylation is 1. The molecule has 8 heteroatoms. The molecule has 0 aliphatic carbocycles. The zero-order valence-electron chi connectivity index (χ0n) is 17.3. The number of rotatable bonds is 5. The summed E-state index contributed by atoms with van der Waals surface area (Å²) in [7, 11) is 0. The molecule has 3 heterocycles. The third-order valence-electron chi connectivity index (χ3n) is 5.94. The molecule has 0 radical (unpaired) electrons. The quantitative estimate of drug-likeness (QED) is 0.651. The van der Waals surface area contributed by atoms with Crippen molar-refractivity contribution in [3.05, 3.63) is 53.2 Å². The van der Waals surface area contributed by atoms with Crippen LogP contribution in [0.3, 0.4) is 0 Å². The molecule has 1 fully saturated rings. The van der Waals surface area contributed by atoms with E-state index in [0.717, 1.165) is 53.7 Å². The van der Waals surface area contributed by atoms with Crippen LogP contribution in [0.15, 0.2) is 36.4 Å². The normalized spacial score (nSPS) is 18.4. The molecule has 5 rings (SSSR count). The van der Waals surface area contributed by atoms with Gasteiger partial charge in [0.2, 0.25) is 0 Å². The molecule has 31 heavy (non-hydrogen) atoms. The third-order valence-corrected chi connectivity index (χ3v) is 5.94. The summed E-state index contributed by atoms with van der Waals surface area (Å²) in [6, 6.07) is 11.6. The Kier molecular flexibility index (Phi) is 4.86. The summed E-state index contributed by atoms with van der Waals surface area (Å²) in [6.07, 6.45) is 3.07. The number of aliphatic carboxylic acids is 1. The molecule has 8 nitrogen and oxygen atoms in total. The van der Waals surface area contributed by atoms with Gasteiger partial charge in [0.25, 0.3) is 5.91 Å². The van der Waals surface area contributed by atoms with E-state index in [2.05, 4.69) is 5.32 Å². The first-order valence-corrected chi connectivity index (χ1v) is 10.5. The molecule has 3 aromatic rings. The van der Waals surface area contributed by atoms with E-state index in [9.17, 15) is 9.59 Å². The first kappa shape index (κ1) is 19.6. The van der Waals surface area contributed by atoms with Crippen molar-refractivity contribution in [2.24, 2.45) is 0 Å². The lowest BCUT2D eigenvalue weighted by atomic mass is 10.1. The van der Waals surface area contributed by atoms with Crippen molar-refractivity contribution < 1.29 is 19.4 Å². The number of carbonyl (C=O) groups is 2. The Morgan fingerprint density at radius 3 is 2.94 bits per heavy atom. The van der Waals surface area contributed by atoms with Gasteiger partial charge in [-0.1, -0.05) is 12.1 Å². The molecule has 2 N–H and O–H groups in total. The number of aromatic nitrogens is 2. The summed E-state index contributed by atoms with van der Waals surface area (Å²) in [5, 5.41) is 18.2. The van der Waals surface area contributed by atoms with E-state index in [1.165, 1.54) is 4.90 Å². The van der Waals surface area contributed by atoms with Crippen molar-refractivity contribution in [2.75, 3.05) is 18.5 Å². The standard InChI is InChI=1S/C23H24N4O4/c1-14-17-9-8-16(11-19(17)27(25-14)20-7-2-3-10-31-20)24-18-6-4-5-15-12-26(13-21(28)29)23(30)22(15)18/h4-6,8-9,11,20,24H,2-3,7,10,12-13H2,1H3,(H,28,29). The lowest BCUT2D eigenvalue weighted by Crippen LogP contribution is -2.30. The first-order chi connectivity index (χ1) is 15.0. The fourth-order valence-corrected chi connectivity index (χ4v) is 4.48. The molecule has 1 saturated heterocycles. The Bertz CT molecular complexity index is 1180. The number of anilines is 2. The molecule has 1 atom stereocenters.